The van der Waals surface area contributed by atoms with Crippen molar-refractivity contribution in [3.8, 4) is 5.75 Å². The second-order valence-electron chi connectivity index (χ2n) is 5.63. The maximum atomic E-state index is 12.8. The number of benzene rings is 1. The Balaban J connectivity index is 2.24. The first kappa shape index (κ1) is 19.7. The number of ether oxygens (including phenoxy) is 2. The molecule has 1 fully saturated rings. The van der Waals surface area contributed by atoms with Crippen LogP contribution in [0, 0.1) is 0 Å². The van der Waals surface area contributed by atoms with Gasteiger partial charge in [0.25, 0.3) is 0 Å². The molecule has 0 aromatic heterocycles. The first-order chi connectivity index (χ1) is 11.7. The van der Waals surface area contributed by atoms with E-state index in [-0.39, 0.29) is 23.8 Å². The van der Waals surface area contributed by atoms with Crippen LogP contribution in [0.5, 0.6) is 5.75 Å². The Morgan fingerprint density at radius 1 is 1.24 bits per heavy atom. The van der Waals surface area contributed by atoms with E-state index < -0.39 is 42.7 Å². The van der Waals surface area contributed by atoms with Crippen molar-refractivity contribution in [3.63, 3.8) is 0 Å². The standard InChI is InChI=1S/C15H21NO7S2/c1-3-23-15(17)8-16-13-9-24(18,19)10-14(13)25(20,21)12-6-4-11(22-2)5-7-12/h4-7,13-14,16H,3,8-10H2,1-2H3/t13-,14-/m0/s1. The molecule has 0 aliphatic carbocycles. The Morgan fingerprint density at radius 2 is 1.88 bits per heavy atom. The van der Waals surface area contributed by atoms with Crippen LogP contribution >= 0.6 is 0 Å². The van der Waals surface area contributed by atoms with Crippen LogP contribution in [-0.4, -0.2) is 65.9 Å². The number of rotatable bonds is 7. The van der Waals surface area contributed by atoms with Crippen LogP contribution in [0.1, 0.15) is 6.92 Å². The second kappa shape index (κ2) is 7.71. The highest BCUT2D eigenvalue weighted by atomic mass is 32.2. The van der Waals surface area contributed by atoms with E-state index in [2.05, 4.69) is 5.32 Å². The number of hydrogen-bond acceptors (Lipinski definition) is 8. The zero-order valence-corrected chi connectivity index (χ0v) is 15.6. The van der Waals surface area contributed by atoms with Crippen LogP contribution in [0.2, 0.25) is 0 Å². The lowest BCUT2D eigenvalue weighted by atomic mass is 10.2. The fourth-order valence-electron chi connectivity index (χ4n) is 2.68. The first-order valence-corrected chi connectivity index (χ1v) is 11.0. The van der Waals surface area contributed by atoms with Gasteiger partial charge in [-0.05, 0) is 31.2 Å². The summed E-state index contributed by atoms with van der Waals surface area (Å²) in [4.78, 5) is 11.5. The molecule has 1 N–H and O–H groups in total. The number of sulfone groups is 2. The molecule has 1 aromatic carbocycles. The highest BCUT2D eigenvalue weighted by molar-refractivity contribution is 7.96. The monoisotopic (exact) mass is 391 g/mol. The molecule has 140 valence electrons. The normalized spacial score (nSPS) is 22.5. The quantitative estimate of drug-likeness (QED) is 0.635. The first-order valence-electron chi connectivity index (χ1n) is 7.67. The lowest BCUT2D eigenvalue weighted by Crippen LogP contribution is -2.45. The highest BCUT2D eigenvalue weighted by Crippen LogP contribution is 2.27. The predicted molar refractivity (Wildman–Crippen MR) is 91.0 cm³/mol. The van der Waals surface area contributed by atoms with E-state index >= 15 is 0 Å². The predicted octanol–water partition coefficient (Wildman–Crippen LogP) is -0.213. The molecule has 1 aliphatic rings. The van der Waals surface area contributed by atoms with E-state index in [0.29, 0.717) is 5.75 Å². The molecule has 0 unspecified atom stereocenters. The summed E-state index contributed by atoms with van der Waals surface area (Å²) in [6.07, 6.45) is 0. The average molecular weight is 391 g/mol. The van der Waals surface area contributed by atoms with Gasteiger partial charge in [0, 0.05) is 6.04 Å². The summed E-state index contributed by atoms with van der Waals surface area (Å²) in [6, 6.07) is 4.87. The van der Waals surface area contributed by atoms with Gasteiger partial charge in [0.15, 0.2) is 19.7 Å². The van der Waals surface area contributed by atoms with Crippen LogP contribution in [0.3, 0.4) is 0 Å². The Labute approximate surface area is 147 Å². The number of carbonyl (C=O) groups is 1. The number of esters is 1. The van der Waals surface area contributed by atoms with E-state index in [1.165, 1.54) is 31.4 Å². The van der Waals surface area contributed by atoms with Crippen molar-refractivity contribution in [1.82, 2.24) is 5.32 Å². The molecule has 2 atom stereocenters. The lowest BCUT2D eigenvalue weighted by Gasteiger charge is -2.19. The van der Waals surface area contributed by atoms with Crippen LogP contribution < -0.4 is 10.1 Å². The summed E-state index contributed by atoms with van der Waals surface area (Å²) in [5.41, 5.74) is 0. The average Bonchev–Trinajstić information content (AvgIpc) is 2.89. The number of carbonyl (C=O) groups excluding carboxylic acids is 1. The van der Waals surface area contributed by atoms with Crippen LogP contribution in [-0.2, 0) is 29.2 Å². The van der Waals surface area contributed by atoms with Gasteiger partial charge in [-0.1, -0.05) is 0 Å². The van der Waals surface area contributed by atoms with Crippen molar-refractivity contribution in [2.45, 2.75) is 23.1 Å². The minimum atomic E-state index is -3.89. The molecule has 8 nitrogen and oxygen atoms in total. The number of nitrogens with one attached hydrogen (secondary N) is 1. The van der Waals surface area contributed by atoms with Crippen molar-refractivity contribution in [2.24, 2.45) is 0 Å². The molecule has 1 aromatic rings. The number of hydrogen-bond donors (Lipinski definition) is 1. The van der Waals surface area contributed by atoms with Gasteiger partial charge >= 0.3 is 5.97 Å². The van der Waals surface area contributed by atoms with E-state index in [1.807, 2.05) is 0 Å². The fraction of sp³-hybridized carbons (Fsp3) is 0.533. The third-order valence-electron chi connectivity index (χ3n) is 3.90. The maximum absolute atomic E-state index is 12.8. The fourth-order valence-corrected chi connectivity index (χ4v) is 7.39. The Morgan fingerprint density at radius 3 is 2.44 bits per heavy atom. The summed E-state index contributed by atoms with van der Waals surface area (Å²) in [6.45, 7) is 1.59. The summed E-state index contributed by atoms with van der Waals surface area (Å²) < 4.78 is 59.4. The van der Waals surface area contributed by atoms with Gasteiger partial charge in [0.05, 0.1) is 41.9 Å². The smallest absolute Gasteiger partial charge is 0.319 e. The zero-order chi connectivity index (χ0) is 18.7. The molecular weight excluding hydrogens is 370 g/mol. The Hall–Kier alpha value is -1.65. The van der Waals surface area contributed by atoms with Crippen LogP contribution in [0.4, 0.5) is 0 Å². The van der Waals surface area contributed by atoms with Crippen molar-refractivity contribution in [2.75, 3.05) is 31.8 Å². The summed E-state index contributed by atoms with van der Waals surface area (Å²) in [5, 5.41) is 1.55. The summed E-state index contributed by atoms with van der Waals surface area (Å²) >= 11 is 0. The third kappa shape index (κ3) is 4.71. The van der Waals surface area contributed by atoms with Gasteiger partial charge < -0.3 is 14.8 Å². The van der Waals surface area contributed by atoms with E-state index in [9.17, 15) is 21.6 Å². The lowest BCUT2D eigenvalue weighted by molar-refractivity contribution is -0.142. The van der Waals surface area contributed by atoms with Crippen molar-refractivity contribution in [3.05, 3.63) is 24.3 Å². The molecule has 0 saturated carbocycles. The van der Waals surface area contributed by atoms with Crippen LogP contribution in [0.15, 0.2) is 29.2 Å². The van der Waals surface area contributed by atoms with Crippen molar-refractivity contribution >= 4 is 25.6 Å². The highest BCUT2D eigenvalue weighted by Gasteiger charge is 2.45. The maximum Gasteiger partial charge on any atom is 0.319 e. The molecule has 2 rings (SSSR count). The molecule has 0 bridgehead atoms. The SMILES string of the molecule is CCOC(=O)CN[C@H]1CS(=O)(=O)C[C@@H]1S(=O)(=O)c1ccc(OC)cc1. The Bertz CT molecular complexity index is 816. The van der Waals surface area contributed by atoms with E-state index in [1.54, 1.807) is 6.92 Å². The van der Waals surface area contributed by atoms with Gasteiger partial charge in [-0.25, -0.2) is 16.8 Å². The molecule has 25 heavy (non-hydrogen) atoms. The molecule has 1 saturated heterocycles. The van der Waals surface area contributed by atoms with Crippen molar-refractivity contribution < 1.29 is 31.1 Å². The summed E-state index contributed by atoms with van der Waals surface area (Å²) in [5.74, 6) is -0.892. The molecule has 0 radical (unpaired) electrons. The molecule has 0 spiro atoms. The van der Waals surface area contributed by atoms with Crippen molar-refractivity contribution in [1.29, 1.82) is 0 Å². The molecule has 10 heteroatoms. The van der Waals surface area contributed by atoms with Gasteiger partial charge in [-0.2, -0.15) is 0 Å². The minimum Gasteiger partial charge on any atom is -0.497 e. The molecule has 0 amide bonds. The molecule has 1 heterocycles. The molecule has 1 aliphatic heterocycles. The number of methoxy groups -OCH3 is 1. The minimum absolute atomic E-state index is 0.0123. The van der Waals surface area contributed by atoms with Gasteiger partial charge in [-0.15, -0.1) is 0 Å². The van der Waals surface area contributed by atoms with Gasteiger partial charge in [0.1, 0.15) is 5.75 Å². The summed E-state index contributed by atoms with van der Waals surface area (Å²) in [7, 11) is -5.96. The zero-order valence-electron chi connectivity index (χ0n) is 14.0. The second-order valence-corrected chi connectivity index (χ2v) is 9.95. The molecular formula is C15H21NO7S2. The van der Waals surface area contributed by atoms with Gasteiger partial charge in [0.2, 0.25) is 0 Å². The van der Waals surface area contributed by atoms with E-state index in [4.69, 9.17) is 9.47 Å². The largest absolute Gasteiger partial charge is 0.497 e. The Kier molecular flexibility index (Phi) is 6.07. The third-order valence-corrected chi connectivity index (χ3v) is 8.07. The topological polar surface area (TPSA) is 116 Å². The van der Waals surface area contributed by atoms with E-state index in [0.717, 1.165) is 0 Å². The van der Waals surface area contributed by atoms with Gasteiger partial charge in [-0.3, -0.25) is 4.79 Å². The van der Waals surface area contributed by atoms with Crippen LogP contribution in [0.25, 0.3) is 0 Å².